The van der Waals surface area contributed by atoms with Gasteiger partial charge in [-0.25, -0.2) is 0 Å². The van der Waals surface area contributed by atoms with Crippen molar-refractivity contribution in [1.82, 2.24) is 14.7 Å². The van der Waals surface area contributed by atoms with Crippen LogP contribution in [0.5, 0.6) is 0 Å². The molecule has 0 N–H and O–H groups in total. The standard InChI is InChI=1S/C26H33N3O2/c1-17(29-16-19-7-2-3-9-22(19)26(29)31)25(30)28-12-6-8-18-13-20-14-21(24(18)28)15-27-11-5-4-10-23(20)27/h2-3,7,9,13,17,20-21,23-24H,4-6,8,10-12,14-16H2,1H3. The number of carbonyl (C=O) groups is 2. The van der Waals surface area contributed by atoms with Crippen LogP contribution in [0.4, 0.5) is 0 Å². The van der Waals surface area contributed by atoms with E-state index in [0.717, 1.165) is 43.1 Å². The van der Waals surface area contributed by atoms with E-state index in [1.807, 2.05) is 31.2 Å². The van der Waals surface area contributed by atoms with Gasteiger partial charge in [-0.1, -0.05) is 36.3 Å². The Kier molecular flexibility index (Phi) is 4.71. The van der Waals surface area contributed by atoms with Gasteiger partial charge in [0.1, 0.15) is 6.04 Å². The van der Waals surface area contributed by atoms with Crippen LogP contribution in [-0.2, 0) is 11.3 Å². The molecule has 4 heterocycles. The first kappa shape index (κ1) is 19.5. The van der Waals surface area contributed by atoms with Gasteiger partial charge in [-0.3, -0.25) is 14.5 Å². The van der Waals surface area contributed by atoms with Gasteiger partial charge in [0.05, 0.1) is 6.04 Å². The number of fused-ring (bicyclic) bond motifs is 7. The molecule has 1 aromatic carbocycles. The molecular formula is C26H33N3O2. The Balaban J connectivity index is 1.25. The molecule has 3 saturated heterocycles. The lowest BCUT2D eigenvalue weighted by atomic mass is 9.68. The van der Waals surface area contributed by atoms with Crippen LogP contribution < -0.4 is 0 Å². The van der Waals surface area contributed by atoms with E-state index in [-0.39, 0.29) is 17.9 Å². The molecule has 0 saturated carbocycles. The fourth-order valence-corrected chi connectivity index (χ4v) is 7.18. The van der Waals surface area contributed by atoms with Crippen LogP contribution in [-0.4, -0.2) is 64.3 Å². The number of hydrogen-bond acceptors (Lipinski definition) is 3. The Labute approximate surface area is 185 Å². The second-order valence-corrected chi connectivity index (χ2v) is 10.3. The summed E-state index contributed by atoms with van der Waals surface area (Å²) in [6.07, 6.45) is 9.98. The predicted octanol–water partition coefficient (Wildman–Crippen LogP) is 3.45. The summed E-state index contributed by atoms with van der Waals surface area (Å²) in [4.78, 5) is 33.4. The van der Waals surface area contributed by atoms with Crippen LogP contribution in [0.3, 0.4) is 0 Å². The molecule has 0 aromatic heterocycles. The lowest BCUT2D eigenvalue weighted by molar-refractivity contribution is -0.140. The van der Waals surface area contributed by atoms with Crippen molar-refractivity contribution in [2.75, 3.05) is 19.6 Å². The van der Waals surface area contributed by atoms with Gasteiger partial charge in [-0.15, -0.1) is 0 Å². The van der Waals surface area contributed by atoms with E-state index in [9.17, 15) is 9.59 Å². The molecule has 0 radical (unpaired) electrons. The number of benzene rings is 1. The van der Waals surface area contributed by atoms with Gasteiger partial charge in [-0.2, -0.15) is 0 Å². The fourth-order valence-electron chi connectivity index (χ4n) is 7.18. The van der Waals surface area contributed by atoms with Gasteiger partial charge in [0, 0.05) is 31.2 Å². The van der Waals surface area contributed by atoms with Crippen molar-refractivity contribution < 1.29 is 9.59 Å². The molecule has 5 atom stereocenters. The molecule has 0 spiro atoms. The molecule has 1 aliphatic carbocycles. The minimum Gasteiger partial charge on any atom is -0.334 e. The molecule has 3 fully saturated rings. The summed E-state index contributed by atoms with van der Waals surface area (Å²) in [5, 5.41) is 0. The van der Waals surface area contributed by atoms with Crippen molar-refractivity contribution in [3.05, 3.63) is 47.0 Å². The second-order valence-electron chi connectivity index (χ2n) is 10.3. The molecule has 1 aromatic rings. The van der Waals surface area contributed by atoms with Crippen LogP contribution in [0, 0.1) is 11.8 Å². The Bertz CT molecular complexity index is 940. The third kappa shape index (κ3) is 3.07. The first-order valence-electron chi connectivity index (χ1n) is 12.3. The SMILES string of the molecule is CC(C(=O)N1CCCC2=CC3CC(CN4CCCCC34)C21)N1Cc2ccccc2C1=O. The van der Waals surface area contributed by atoms with Gasteiger partial charge in [-0.05, 0) is 69.0 Å². The van der Waals surface area contributed by atoms with Crippen LogP contribution in [0.2, 0.25) is 0 Å². The van der Waals surface area contributed by atoms with Gasteiger partial charge in [0.15, 0.2) is 0 Å². The molecule has 31 heavy (non-hydrogen) atoms. The molecule has 5 aliphatic rings. The maximum Gasteiger partial charge on any atom is 0.255 e. The van der Waals surface area contributed by atoms with E-state index in [1.165, 1.54) is 37.8 Å². The topological polar surface area (TPSA) is 43.9 Å². The number of carbonyl (C=O) groups excluding carboxylic acids is 2. The molecule has 5 unspecified atom stereocenters. The molecule has 164 valence electrons. The summed E-state index contributed by atoms with van der Waals surface area (Å²) in [6, 6.07) is 8.32. The molecule has 4 aliphatic heterocycles. The fraction of sp³-hybridized carbons (Fsp3) is 0.615. The average Bonchev–Trinajstić information content (AvgIpc) is 3.14. The van der Waals surface area contributed by atoms with Gasteiger partial charge >= 0.3 is 0 Å². The van der Waals surface area contributed by atoms with Gasteiger partial charge in [0.25, 0.3) is 5.91 Å². The lowest BCUT2D eigenvalue weighted by Gasteiger charge is -2.55. The van der Waals surface area contributed by atoms with E-state index < -0.39 is 6.04 Å². The number of amides is 2. The molecule has 5 heteroatoms. The highest BCUT2D eigenvalue weighted by molar-refractivity contribution is 6.01. The first-order chi connectivity index (χ1) is 15.1. The molecular weight excluding hydrogens is 386 g/mol. The van der Waals surface area contributed by atoms with Crippen LogP contribution in [0.15, 0.2) is 35.9 Å². The quantitative estimate of drug-likeness (QED) is 0.690. The maximum absolute atomic E-state index is 13.8. The highest BCUT2D eigenvalue weighted by atomic mass is 16.2. The Hall–Kier alpha value is -2.14. The summed E-state index contributed by atoms with van der Waals surface area (Å²) in [5.74, 6) is 1.35. The normalized spacial score (nSPS) is 33.3. The maximum atomic E-state index is 13.8. The number of likely N-dealkylation sites (tertiary alicyclic amines) is 1. The van der Waals surface area contributed by atoms with E-state index in [2.05, 4.69) is 15.9 Å². The van der Waals surface area contributed by atoms with Crippen LogP contribution in [0.25, 0.3) is 0 Å². The van der Waals surface area contributed by atoms with E-state index in [0.29, 0.717) is 18.4 Å². The third-order valence-corrected chi connectivity index (χ3v) is 8.61. The monoisotopic (exact) mass is 419 g/mol. The Morgan fingerprint density at radius 2 is 2.00 bits per heavy atom. The molecule has 2 amide bonds. The number of piperidine rings is 3. The van der Waals surface area contributed by atoms with Crippen molar-refractivity contribution in [1.29, 1.82) is 0 Å². The summed E-state index contributed by atoms with van der Waals surface area (Å²) >= 11 is 0. The zero-order chi connectivity index (χ0) is 21.1. The summed E-state index contributed by atoms with van der Waals surface area (Å²) in [7, 11) is 0. The van der Waals surface area contributed by atoms with Crippen LogP contribution in [0.1, 0.15) is 61.4 Å². The molecule has 5 nitrogen and oxygen atoms in total. The van der Waals surface area contributed by atoms with Crippen molar-refractivity contribution in [3.63, 3.8) is 0 Å². The molecule has 2 bridgehead atoms. The third-order valence-electron chi connectivity index (χ3n) is 8.61. The minimum atomic E-state index is -0.414. The Morgan fingerprint density at radius 1 is 1.13 bits per heavy atom. The lowest BCUT2D eigenvalue weighted by Crippen LogP contribution is -2.61. The van der Waals surface area contributed by atoms with Crippen molar-refractivity contribution in [3.8, 4) is 0 Å². The summed E-state index contributed by atoms with van der Waals surface area (Å²) in [5.41, 5.74) is 3.30. The predicted molar refractivity (Wildman–Crippen MR) is 119 cm³/mol. The van der Waals surface area contributed by atoms with E-state index in [4.69, 9.17) is 0 Å². The number of rotatable bonds is 2. The summed E-state index contributed by atoms with van der Waals surface area (Å²) < 4.78 is 0. The van der Waals surface area contributed by atoms with E-state index >= 15 is 0 Å². The van der Waals surface area contributed by atoms with Crippen molar-refractivity contribution in [2.45, 2.75) is 70.1 Å². The van der Waals surface area contributed by atoms with Crippen molar-refractivity contribution >= 4 is 11.8 Å². The largest absolute Gasteiger partial charge is 0.334 e. The van der Waals surface area contributed by atoms with Gasteiger partial charge in [0.2, 0.25) is 5.91 Å². The smallest absolute Gasteiger partial charge is 0.255 e. The number of hydrogen-bond donors (Lipinski definition) is 0. The van der Waals surface area contributed by atoms with Gasteiger partial charge < -0.3 is 9.80 Å². The zero-order valence-corrected chi connectivity index (χ0v) is 18.5. The highest BCUT2D eigenvalue weighted by Gasteiger charge is 2.48. The summed E-state index contributed by atoms with van der Waals surface area (Å²) in [6.45, 7) is 5.65. The number of nitrogens with zero attached hydrogens (tertiary/aromatic N) is 3. The second kappa shape index (κ2) is 7.47. The Morgan fingerprint density at radius 3 is 2.87 bits per heavy atom. The molecule has 6 rings (SSSR count). The van der Waals surface area contributed by atoms with Crippen LogP contribution >= 0.6 is 0 Å². The minimum absolute atomic E-state index is 0.00163. The van der Waals surface area contributed by atoms with E-state index in [1.54, 1.807) is 4.90 Å². The zero-order valence-electron chi connectivity index (χ0n) is 18.5. The highest BCUT2D eigenvalue weighted by Crippen LogP contribution is 2.45. The van der Waals surface area contributed by atoms with Crippen molar-refractivity contribution in [2.24, 2.45) is 11.8 Å². The average molecular weight is 420 g/mol. The first-order valence-corrected chi connectivity index (χ1v) is 12.3.